The van der Waals surface area contributed by atoms with Crippen molar-refractivity contribution in [3.63, 3.8) is 0 Å². The van der Waals surface area contributed by atoms with Crippen molar-refractivity contribution >= 4 is 22.8 Å². The molecule has 9 heteroatoms. The molecule has 9 nitrogen and oxygen atoms in total. The average Bonchev–Trinajstić information content (AvgIpc) is 3.37. The SMILES string of the molecule is CN1[C@@H](CCC(=O)N2CCOCC2)CNC(=O)[C@@H]2[C@H]1CCN2Cc1nc2ccccc2n1C. The highest BCUT2D eigenvalue weighted by Crippen LogP contribution is 2.29. The number of morpholine rings is 1. The molecule has 1 aromatic heterocycles. The van der Waals surface area contributed by atoms with Gasteiger partial charge in [0.1, 0.15) is 11.9 Å². The molecule has 178 valence electrons. The Kier molecular flexibility index (Phi) is 6.36. The Morgan fingerprint density at radius 3 is 2.76 bits per heavy atom. The Bertz CT molecular complexity index is 1020. The van der Waals surface area contributed by atoms with E-state index >= 15 is 0 Å². The van der Waals surface area contributed by atoms with Crippen LogP contribution < -0.4 is 5.32 Å². The van der Waals surface area contributed by atoms with Crippen molar-refractivity contribution in [2.24, 2.45) is 7.05 Å². The summed E-state index contributed by atoms with van der Waals surface area (Å²) in [5.41, 5.74) is 2.09. The lowest BCUT2D eigenvalue weighted by atomic mass is 10.0. The van der Waals surface area contributed by atoms with Gasteiger partial charge in [-0.05, 0) is 32.0 Å². The number of rotatable bonds is 5. The molecule has 0 spiro atoms. The molecule has 3 fully saturated rings. The van der Waals surface area contributed by atoms with Gasteiger partial charge < -0.3 is 19.5 Å². The Labute approximate surface area is 194 Å². The zero-order chi connectivity index (χ0) is 22.9. The van der Waals surface area contributed by atoms with E-state index in [-0.39, 0.29) is 29.9 Å². The summed E-state index contributed by atoms with van der Waals surface area (Å²) in [4.78, 5) is 37.1. The molecule has 3 saturated heterocycles. The van der Waals surface area contributed by atoms with Crippen molar-refractivity contribution < 1.29 is 14.3 Å². The van der Waals surface area contributed by atoms with Crippen LogP contribution >= 0.6 is 0 Å². The zero-order valence-corrected chi connectivity index (χ0v) is 19.6. The van der Waals surface area contributed by atoms with Crippen LogP contribution in [0.3, 0.4) is 0 Å². The zero-order valence-electron chi connectivity index (χ0n) is 19.6. The summed E-state index contributed by atoms with van der Waals surface area (Å²) in [5, 5.41) is 3.16. The lowest BCUT2D eigenvalue weighted by Crippen LogP contribution is -2.49. The standard InChI is InChI=1S/C24H34N6O3/c1-27-17(7-8-22(31)29-11-13-33-14-12-29)15-25-24(32)23-20(27)9-10-30(23)16-21-26-18-5-3-4-6-19(18)28(21)2/h3-6,17,20,23H,7-16H2,1-2H3,(H,25,32)/t17-,20+,23-/m0/s1. The second kappa shape index (κ2) is 9.40. The number of nitrogens with zero attached hydrogens (tertiary/aromatic N) is 5. The van der Waals surface area contributed by atoms with E-state index in [9.17, 15) is 9.59 Å². The summed E-state index contributed by atoms with van der Waals surface area (Å²) in [6, 6.07) is 8.23. The van der Waals surface area contributed by atoms with Crippen molar-refractivity contribution in [1.82, 2.24) is 29.6 Å². The van der Waals surface area contributed by atoms with Crippen LogP contribution in [0, 0.1) is 0 Å². The smallest absolute Gasteiger partial charge is 0.239 e. The predicted molar refractivity (Wildman–Crippen MR) is 125 cm³/mol. The fraction of sp³-hybridized carbons (Fsp3) is 0.625. The maximum Gasteiger partial charge on any atom is 0.239 e. The molecular weight excluding hydrogens is 420 g/mol. The first-order valence-electron chi connectivity index (χ1n) is 12.0. The molecule has 0 unspecified atom stereocenters. The number of amides is 2. The summed E-state index contributed by atoms with van der Waals surface area (Å²) < 4.78 is 7.48. The normalized spacial score (nSPS) is 26.9. The number of ether oxygens (including phenoxy) is 1. The number of imidazole rings is 1. The number of nitrogens with one attached hydrogen (secondary N) is 1. The van der Waals surface area contributed by atoms with Crippen molar-refractivity contribution in [1.29, 1.82) is 0 Å². The molecule has 4 heterocycles. The largest absolute Gasteiger partial charge is 0.378 e. The van der Waals surface area contributed by atoms with Gasteiger partial charge in [0, 0.05) is 51.7 Å². The molecule has 0 saturated carbocycles. The summed E-state index contributed by atoms with van der Waals surface area (Å²) in [5.74, 6) is 1.25. The number of likely N-dealkylation sites (N-methyl/N-ethyl adjacent to an activating group) is 1. The second-order valence-corrected chi connectivity index (χ2v) is 9.44. The summed E-state index contributed by atoms with van der Waals surface area (Å²) >= 11 is 0. The van der Waals surface area contributed by atoms with E-state index in [1.54, 1.807) is 0 Å². The summed E-state index contributed by atoms with van der Waals surface area (Å²) in [7, 11) is 4.15. The Morgan fingerprint density at radius 2 is 1.97 bits per heavy atom. The highest BCUT2D eigenvalue weighted by atomic mass is 16.5. The van der Waals surface area contributed by atoms with E-state index in [2.05, 4.69) is 32.8 Å². The molecule has 3 aliphatic heterocycles. The van der Waals surface area contributed by atoms with Gasteiger partial charge >= 0.3 is 0 Å². The number of likely N-dealkylation sites (tertiary alicyclic amines) is 1. The van der Waals surface area contributed by atoms with Gasteiger partial charge in [0.05, 0.1) is 30.8 Å². The van der Waals surface area contributed by atoms with E-state index in [4.69, 9.17) is 9.72 Å². The second-order valence-electron chi connectivity index (χ2n) is 9.44. The van der Waals surface area contributed by atoms with Crippen molar-refractivity contribution in [2.75, 3.05) is 46.4 Å². The van der Waals surface area contributed by atoms with E-state index < -0.39 is 0 Å². The first kappa shape index (κ1) is 22.3. The molecule has 33 heavy (non-hydrogen) atoms. The molecule has 2 amide bonds. The minimum atomic E-state index is -0.199. The third kappa shape index (κ3) is 4.37. The van der Waals surface area contributed by atoms with Crippen LogP contribution in [-0.4, -0.2) is 101 Å². The average molecular weight is 455 g/mol. The number of benzene rings is 1. The third-order valence-electron chi connectivity index (χ3n) is 7.63. The van der Waals surface area contributed by atoms with Crippen LogP contribution in [0.5, 0.6) is 0 Å². The number of hydrogen-bond donors (Lipinski definition) is 1. The van der Waals surface area contributed by atoms with Gasteiger partial charge in [-0.25, -0.2) is 4.98 Å². The Hall–Kier alpha value is -2.49. The van der Waals surface area contributed by atoms with Crippen LogP contribution in [0.15, 0.2) is 24.3 Å². The molecule has 0 bridgehead atoms. The molecular formula is C24H34N6O3. The van der Waals surface area contributed by atoms with Gasteiger partial charge in [-0.2, -0.15) is 0 Å². The van der Waals surface area contributed by atoms with Crippen LogP contribution in [0.1, 0.15) is 25.1 Å². The van der Waals surface area contributed by atoms with Crippen LogP contribution in [0.2, 0.25) is 0 Å². The van der Waals surface area contributed by atoms with Crippen LogP contribution in [-0.2, 0) is 27.9 Å². The van der Waals surface area contributed by atoms with E-state index in [0.29, 0.717) is 45.8 Å². The van der Waals surface area contributed by atoms with Crippen molar-refractivity contribution in [3.8, 4) is 0 Å². The molecule has 0 aliphatic carbocycles. The number of aromatic nitrogens is 2. The molecule has 0 radical (unpaired) electrons. The van der Waals surface area contributed by atoms with E-state index in [0.717, 1.165) is 36.2 Å². The quantitative estimate of drug-likeness (QED) is 0.712. The number of carbonyl (C=O) groups is 2. The predicted octanol–water partition coefficient (Wildman–Crippen LogP) is 0.585. The lowest BCUT2D eigenvalue weighted by molar-refractivity contribution is -0.135. The topological polar surface area (TPSA) is 82.9 Å². The Balaban J connectivity index is 1.25. The highest BCUT2D eigenvalue weighted by molar-refractivity contribution is 5.83. The molecule has 3 atom stereocenters. The first-order valence-corrected chi connectivity index (χ1v) is 12.0. The minimum absolute atomic E-state index is 0.0881. The number of hydrogen-bond acceptors (Lipinski definition) is 6. The third-order valence-corrected chi connectivity index (χ3v) is 7.63. The highest BCUT2D eigenvalue weighted by Gasteiger charge is 2.45. The molecule has 2 aromatic rings. The number of carbonyl (C=O) groups excluding carboxylic acids is 2. The van der Waals surface area contributed by atoms with Gasteiger partial charge in [-0.3, -0.25) is 19.4 Å². The number of para-hydroxylation sites is 2. The van der Waals surface area contributed by atoms with Gasteiger partial charge in [-0.15, -0.1) is 0 Å². The van der Waals surface area contributed by atoms with Crippen molar-refractivity contribution in [3.05, 3.63) is 30.1 Å². The lowest BCUT2D eigenvalue weighted by Gasteiger charge is -2.33. The molecule has 5 rings (SSSR count). The van der Waals surface area contributed by atoms with E-state index in [1.165, 1.54) is 0 Å². The fourth-order valence-electron chi connectivity index (χ4n) is 5.61. The fourth-order valence-corrected chi connectivity index (χ4v) is 5.61. The molecule has 1 N–H and O–H groups in total. The number of fused-ring (bicyclic) bond motifs is 2. The van der Waals surface area contributed by atoms with Crippen molar-refractivity contribution in [2.45, 2.75) is 43.9 Å². The monoisotopic (exact) mass is 454 g/mol. The van der Waals surface area contributed by atoms with Gasteiger partial charge in [0.25, 0.3) is 0 Å². The summed E-state index contributed by atoms with van der Waals surface area (Å²) in [6.07, 6.45) is 2.19. The van der Waals surface area contributed by atoms with Gasteiger partial charge in [0.15, 0.2) is 0 Å². The Morgan fingerprint density at radius 1 is 1.18 bits per heavy atom. The maximum absolute atomic E-state index is 13.1. The van der Waals surface area contributed by atoms with Crippen LogP contribution in [0.4, 0.5) is 0 Å². The number of aryl methyl sites for hydroxylation is 1. The molecule has 1 aromatic carbocycles. The van der Waals surface area contributed by atoms with E-state index in [1.807, 2.05) is 30.1 Å². The first-order chi connectivity index (χ1) is 16.0. The summed E-state index contributed by atoms with van der Waals surface area (Å²) in [6.45, 7) is 4.69. The maximum atomic E-state index is 13.1. The van der Waals surface area contributed by atoms with Gasteiger partial charge in [0.2, 0.25) is 11.8 Å². The molecule has 3 aliphatic rings. The minimum Gasteiger partial charge on any atom is -0.378 e. The van der Waals surface area contributed by atoms with Crippen LogP contribution in [0.25, 0.3) is 11.0 Å². The van der Waals surface area contributed by atoms with Gasteiger partial charge in [-0.1, -0.05) is 12.1 Å².